The molecule has 4 nitrogen and oxygen atoms in total. The molecule has 2 heterocycles. The minimum absolute atomic E-state index is 0.00353. The van der Waals surface area contributed by atoms with Crippen LogP contribution >= 0.6 is 11.6 Å². The Hall–Kier alpha value is -1.26. The summed E-state index contributed by atoms with van der Waals surface area (Å²) in [5.74, 6) is 0.842. The van der Waals surface area contributed by atoms with Gasteiger partial charge in [-0.25, -0.2) is 5.06 Å². The second kappa shape index (κ2) is 4.89. The first-order chi connectivity index (χ1) is 9.79. The van der Waals surface area contributed by atoms with Crippen molar-refractivity contribution in [1.82, 2.24) is 5.06 Å². The number of ether oxygens (including phenoxy) is 1. The maximum Gasteiger partial charge on any atom is 0.254 e. The zero-order chi connectivity index (χ0) is 15.4. The van der Waals surface area contributed by atoms with E-state index in [0.29, 0.717) is 11.6 Å². The Morgan fingerprint density at radius 3 is 2.71 bits per heavy atom. The van der Waals surface area contributed by atoms with E-state index in [4.69, 9.17) is 21.2 Å². The summed E-state index contributed by atoms with van der Waals surface area (Å²) >= 11 is 6.32. The summed E-state index contributed by atoms with van der Waals surface area (Å²) in [7, 11) is 0. The van der Waals surface area contributed by atoms with E-state index in [9.17, 15) is 4.79 Å². The number of rotatable bonds is 2. The number of fused-ring (bicyclic) bond motifs is 1. The van der Waals surface area contributed by atoms with E-state index < -0.39 is 5.41 Å². The van der Waals surface area contributed by atoms with Gasteiger partial charge in [0.1, 0.15) is 11.9 Å². The predicted octanol–water partition coefficient (Wildman–Crippen LogP) is 3.35. The number of hydrogen-bond acceptors (Lipinski definition) is 3. The van der Waals surface area contributed by atoms with Crippen LogP contribution in [0.15, 0.2) is 12.1 Å². The Labute approximate surface area is 129 Å². The van der Waals surface area contributed by atoms with Crippen molar-refractivity contribution in [3.05, 3.63) is 28.3 Å². The van der Waals surface area contributed by atoms with Crippen LogP contribution in [0.3, 0.4) is 0 Å². The highest BCUT2D eigenvalue weighted by Crippen LogP contribution is 2.37. The summed E-state index contributed by atoms with van der Waals surface area (Å²) in [5, 5.41) is 2.04. The molecule has 2 aliphatic heterocycles. The van der Waals surface area contributed by atoms with Gasteiger partial charge in [0.15, 0.2) is 0 Å². The van der Waals surface area contributed by atoms with Gasteiger partial charge in [-0.15, -0.1) is 0 Å². The van der Waals surface area contributed by atoms with Gasteiger partial charge in [0.05, 0.1) is 18.1 Å². The van der Waals surface area contributed by atoms with Gasteiger partial charge in [0.25, 0.3) is 5.91 Å². The average molecular weight is 310 g/mol. The Bertz CT molecular complexity index is 599. The van der Waals surface area contributed by atoms with E-state index in [1.807, 2.05) is 39.8 Å². The molecule has 3 rings (SSSR count). The van der Waals surface area contributed by atoms with Gasteiger partial charge in [-0.1, -0.05) is 11.6 Å². The Morgan fingerprint density at radius 2 is 2.10 bits per heavy atom. The van der Waals surface area contributed by atoms with Gasteiger partial charge in [-0.2, -0.15) is 0 Å². The van der Waals surface area contributed by atoms with Crippen LogP contribution in [0.2, 0.25) is 5.02 Å². The highest BCUT2D eigenvalue weighted by atomic mass is 35.5. The van der Waals surface area contributed by atoms with Crippen LogP contribution in [0.4, 0.5) is 0 Å². The van der Waals surface area contributed by atoms with Crippen LogP contribution in [0, 0.1) is 5.41 Å². The second-order valence-corrected chi connectivity index (χ2v) is 6.90. The van der Waals surface area contributed by atoms with Crippen LogP contribution in [-0.2, 0) is 22.6 Å². The number of nitrogens with zero attached hydrogens (tertiary/aromatic N) is 1. The van der Waals surface area contributed by atoms with E-state index in [1.165, 1.54) is 5.06 Å². The van der Waals surface area contributed by atoms with Gasteiger partial charge in [0, 0.05) is 11.4 Å². The molecule has 0 aromatic heterocycles. The van der Waals surface area contributed by atoms with Crippen LogP contribution < -0.4 is 4.74 Å². The molecular weight excluding hydrogens is 290 g/mol. The summed E-state index contributed by atoms with van der Waals surface area (Å²) in [5.41, 5.74) is 1.54. The molecule has 2 unspecified atom stereocenters. The normalized spacial score (nSPS) is 26.9. The van der Waals surface area contributed by atoms with Crippen molar-refractivity contribution < 1.29 is 14.4 Å². The molecule has 1 fully saturated rings. The number of amides is 1. The van der Waals surface area contributed by atoms with E-state index in [0.717, 1.165) is 23.3 Å². The molecule has 0 radical (unpaired) electrons. The summed E-state index contributed by atoms with van der Waals surface area (Å²) in [6, 6.07) is 3.86. The van der Waals surface area contributed by atoms with Crippen molar-refractivity contribution in [2.75, 3.05) is 0 Å². The standard InChI is InChI=1S/C16H20ClNO3/c1-9-5-11-6-12(13(17)7-14(11)20-9)8-18-15(19)16(3,4)10(2)21-18/h6-7,9-10H,5,8H2,1-4H3. The van der Waals surface area contributed by atoms with E-state index in [-0.39, 0.29) is 18.1 Å². The number of carbonyl (C=O) groups excluding carboxylic acids is 1. The van der Waals surface area contributed by atoms with Crippen molar-refractivity contribution in [3.8, 4) is 5.75 Å². The molecule has 0 saturated carbocycles. The highest BCUT2D eigenvalue weighted by molar-refractivity contribution is 6.31. The maximum absolute atomic E-state index is 12.4. The molecular formula is C16H20ClNO3. The minimum atomic E-state index is -0.499. The lowest BCUT2D eigenvalue weighted by Gasteiger charge is -2.17. The molecule has 0 bridgehead atoms. The van der Waals surface area contributed by atoms with Gasteiger partial charge in [-0.05, 0) is 51.0 Å². The summed E-state index contributed by atoms with van der Waals surface area (Å²) < 4.78 is 5.69. The molecule has 2 atom stereocenters. The molecule has 0 aliphatic carbocycles. The largest absolute Gasteiger partial charge is 0.490 e. The van der Waals surface area contributed by atoms with Crippen molar-refractivity contribution >= 4 is 17.5 Å². The molecule has 1 saturated heterocycles. The first kappa shape index (κ1) is 14.7. The third-order valence-electron chi connectivity index (χ3n) is 4.46. The average Bonchev–Trinajstić information content (AvgIpc) is 2.83. The molecule has 2 aliphatic rings. The lowest BCUT2D eigenvalue weighted by molar-refractivity contribution is -0.174. The fraction of sp³-hybridized carbons (Fsp3) is 0.562. The summed E-state index contributed by atoms with van der Waals surface area (Å²) in [6.45, 7) is 8.12. The van der Waals surface area contributed by atoms with Gasteiger partial charge in [-0.3, -0.25) is 9.63 Å². The summed E-state index contributed by atoms with van der Waals surface area (Å²) in [4.78, 5) is 18.1. The van der Waals surface area contributed by atoms with Crippen molar-refractivity contribution in [2.24, 2.45) is 5.41 Å². The molecule has 1 aromatic carbocycles. The zero-order valence-corrected chi connectivity index (χ0v) is 13.5. The first-order valence-electron chi connectivity index (χ1n) is 7.25. The van der Waals surface area contributed by atoms with Gasteiger partial charge in [0.2, 0.25) is 0 Å². The van der Waals surface area contributed by atoms with E-state index in [2.05, 4.69) is 0 Å². The van der Waals surface area contributed by atoms with Crippen LogP contribution in [0.5, 0.6) is 5.75 Å². The van der Waals surface area contributed by atoms with E-state index in [1.54, 1.807) is 0 Å². The third kappa shape index (κ3) is 2.40. The van der Waals surface area contributed by atoms with Crippen LogP contribution in [-0.4, -0.2) is 23.2 Å². The van der Waals surface area contributed by atoms with Gasteiger partial charge >= 0.3 is 0 Å². The lowest BCUT2D eigenvalue weighted by Crippen LogP contribution is -2.32. The molecule has 0 spiro atoms. The fourth-order valence-electron chi connectivity index (χ4n) is 2.74. The molecule has 1 aromatic rings. The van der Waals surface area contributed by atoms with Crippen LogP contribution in [0.1, 0.15) is 38.8 Å². The zero-order valence-electron chi connectivity index (χ0n) is 12.8. The first-order valence-corrected chi connectivity index (χ1v) is 7.63. The Morgan fingerprint density at radius 1 is 1.38 bits per heavy atom. The molecule has 21 heavy (non-hydrogen) atoms. The Kier molecular flexibility index (Phi) is 3.41. The lowest BCUT2D eigenvalue weighted by atomic mass is 9.87. The molecule has 114 valence electrons. The highest BCUT2D eigenvalue weighted by Gasteiger charge is 2.46. The van der Waals surface area contributed by atoms with E-state index >= 15 is 0 Å². The molecule has 5 heteroatoms. The van der Waals surface area contributed by atoms with Gasteiger partial charge < -0.3 is 4.74 Å². The predicted molar refractivity (Wildman–Crippen MR) is 80.1 cm³/mol. The molecule has 0 N–H and O–H groups in total. The van der Waals surface area contributed by atoms with Crippen LogP contribution in [0.25, 0.3) is 0 Å². The number of benzene rings is 1. The maximum atomic E-state index is 12.4. The number of hydroxylamine groups is 2. The fourth-order valence-corrected chi connectivity index (χ4v) is 2.95. The molecule has 1 amide bonds. The topological polar surface area (TPSA) is 38.8 Å². The second-order valence-electron chi connectivity index (χ2n) is 6.50. The van der Waals surface area contributed by atoms with Crippen molar-refractivity contribution in [1.29, 1.82) is 0 Å². The SMILES string of the molecule is CC1Cc2cc(CN3OC(C)C(C)(C)C3=O)c(Cl)cc2O1. The minimum Gasteiger partial charge on any atom is -0.490 e. The smallest absolute Gasteiger partial charge is 0.254 e. The number of carbonyl (C=O) groups is 1. The Balaban J connectivity index is 1.84. The summed E-state index contributed by atoms with van der Waals surface area (Å²) in [6.07, 6.45) is 0.910. The quantitative estimate of drug-likeness (QED) is 0.841. The number of halogens is 1. The van der Waals surface area contributed by atoms with Crippen molar-refractivity contribution in [2.45, 2.75) is 52.9 Å². The van der Waals surface area contributed by atoms with Crippen molar-refractivity contribution in [3.63, 3.8) is 0 Å². The number of hydrogen-bond donors (Lipinski definition) is 0. The monoisotopic (exact) mass is 309 g/mol. The third-order valence-corrected chi connectivity index (χ3v) is 4.81.